The monoisotopic (exact) mass is 357 g/mol. The number of hydrogen-bond donors (Lipinski definition) is 1. The van der Waals surface area contributed by atoms with Crippen LogP contribution in [0.4, 0.5) is 4.39 Å². The topological polar surface area (TPSA) is 57.6 Å². The Balaban J connectivity index is 1.93. The van der Waals surface area contributed by atoms with Crippen LogP contribution in [0.25, 0.3) is 0 Å². The van der Waals surface area contributed by atoms with Gasteiger partial charge in [-0.05, 0) is 37.5 Å². The van der Waals surface area contributed by atoms with Gasteiger partial charge in [0.2, 0.25) is 5.91 Å². The maximum absolute atomic E-state index is 13.7. The van der Waals surface area contributed by atoms with Crippen molar-refractivity contribution >= 4 is 27.8 Å². The van der Waals surface area contributed by atoms with Crippen molar-refractivity contribution < 1.29 is 19.1 Å². The molecule has 1 fully saturated rings. The van der Waals surface area contributed by atoms with Crippen LogP contribution in [0.3, 0.4) is 0 Å². The minimum absolute atomic E-state index is 0.123. The molecule has 0 radical (unpaired) electrons. The molecule has 6 heteroatoms. The number of likely N-dealkylation sites (tertiary alicyclic amines) is 1. The Hall–Kier alpha value is -1.43. The van der Waals surface area contributed by atoms with Crippen LogP contribution in [0.1, 0.15) is 25.3 Å². The predicted molar refractivity (Wildman–Crippen MR) is 79.4 cm³/mol. The van der Waals surface area contributed by atoms with Crippen LogP contribution < -0.4 is 0 Å². The van der Waals surface area contributed by atoms with Gasteiger partial charge in [-0.1, -0.05) is 22.0 Å². The van der Waals surface area contributed by atoms with Crippen molar-refractivity contribution in [2.75, 3.05) is 13.1 Å². The Bertz CT molecular complexity index is 578. The Kier molecular flexibility index (Phi) is 4.66. The lowest BCUT2D eigenvalue weighted by Gasteiger charge is -2.20. The number of amides is 1. The Morgan fingerprint density at radius 1 is 1.48 bits per heavy atom. The Morgan fingerprint density at radius 3 is 2.76 bits per heavy atom. The van der Waals surface area contributed by atoms with Crippen LogP contribution in [0.2, 0.25) is 0 Å². The smallest absolute Gasteiger partial charge is 0.311 e. The SMILES string of the molecule is CC1(C(=O)O)CCN(C(=O)CCc2ccc(Br)cc2F)C1. The van der Waals surface area contributed by atoms with Crippen LogP contribution >= 0.6 is 15.9 Å². The van der Waals surface area contributed by atoms with E-state index < -0.39 is 11.4 Å². The van der Waals surface area contributed by atoms with Gasteiger partial charge >= 0.3 is 5.97 Å². The first-order chi connectivity index (χ1) is 9.82. The van der Waals surface area contributed by atoms with E-state index in [1.165, 1.54) is 6.07 Å². The first kappa shape index (κ1) is 15.9. The van der Waals surface area contributed by atoms with Crippen LogP contribution in [0, 0.1) is 11.2 Å². The number of halogens is 2. The average Bonchev–Trinajstić information content (AvgIpc) is 2.82. The van der Waals surface area contributed by atoms with Crippen molar-refractivity contribution in [2.24, 2.45) is 5.41 Å². The molecule has 0 aromatic heterocycles. The first-order valence-electron chi connectivity index (χ1n) is 6.77. The quantitative estimate of drug-likeness (QED) is 0.901. The van der Waals surface area contributed by atoms with Gasteiger partial charge in [0.05, 0.1) is 5.41 Å². The molecule has 1 heterocycles. The molecule has 114 valence electrons. The second-order valence-corrected chi connectivity index (χ2v) is 6.58. The summed E-state index contributed by atoms with van der Waals surface area (Å²) in [6, 6.07) is 4.76. The Morgan fingerprint density at radius 2 is 2.19 bits per heavy atom. The van der Waals surface area contributed by atoms with E-state index in [2.05, 4.69) is 15.9 Å². The van der Waals surface area contributed by atoms with Gasteiger partial charge in [-0.15, -0.1) is 0 Å². The Labute approximate surface area is 131 Å². The molecule has 1 aromatic carbocycles. The summed E-state index contributed by atoms with van der Waals surface area (Å²) in [5.41, 5.74) is -0.370. The van der Waals surface area contributed by atoms with Gasteiger partial charge in [0.1, 0.15) is 5.82 Å². The van der Waals surface area contributed by atoms with Crippen molar-refractivity contribution in [3.63, 3.8) is 0 Å². The van der Waals surface area contributed by atoms with Gasteiger partial charge in [-0.2, -0.15) is 0 Å². The van der Waals surface area contributed by atoms with Crippen molar-refractivity contribution in [1.82, 2.24) is 4.90 Å². The summed E-state index contributed by atoms with van der Waals surface area (Å²) in [6.07, 6.45) is 0.965. The van der Waals surface area contributed by atoms with Crippen LogP contribution in [0.15, 0.2) is 22.7 Å². The number of hydrogen-bond acceptors (Lipinski definition) is 2. The van der Waals surface area contributed by atoms with Gasteiger partial charge in [-0.25, -0.2) is 4.39 Å². The molecule has 0 bridgehead atoms. The predicted octanol–water partition coefficient (Wildman–Crippen LogP) is 2.84. The van der Waals surface area contributed by atoms with Crippen LogP contribution in [-0.4, -0.2) is 35.0 Å². The minimum atomic E-state index is -0.878. The third-order valence-electron chi connectivity index (χ3n) is 3.97. The zero-order valence-electron chi connectivity index (χ0n) is 11.7. The van der Waals surface area contributed by atoms with E-state index in [1.54, 1.807) is 24.0 Å². The van der Waals surface area contributed by atoms with Crippen LogP contribution in [0.5, 0.6) is 0 Å². The lowest BCUT2D eigenvalue weighted by atomic mass is 9.90. The highest BCUT2D eigenvalue weighted by molar-refractivity contribution is 9.10. The van der Waals surface area contributed by atoms with Crippen molar-refractivity contribution in [3.8, 4) is 0 Å². The summed E-state index contributed by atoms with van der Waals surface area (Å²) < 4.78 is 14.3. The summed E-state index contributed by atoms with van der Waals surface area (Å²) in [6.45, 7) is 2.32. The average molecular weight is 358 g/mol. The van der Waals surface area contributed by atoms with E-state index in [1.807, 2.05) is 0 Å². The zero-order valence-corrected chi connectivity index (χ0v) is 13.3. The van der Waals surface area contributed by atoms with E-state index in [4.69, 9.17) is 5.11 Å². The second kappa shape index (κ2) is 6.13. The fraction of sp³-hybridized carbons (Fsp3) is 0.467. The molecule has 0 saturated carbocycles. The normalized spacial score (nSPS) is 21.6. The highest BCUT2D eigenvalue weighted by Crippen LogP contribution is 2.30. The van der Waals surface area contributed by atoms with Gasteiger partial charge in [0, 0.05) is 24.0 Å². The molecule has 1 amide bonds. The molecular weight excluding hydrogens is 341 g/mol. The lowest BCUT2D eigenvalue weighted by Crippen LogP contribution is -2.35. The molecule has 1 unspecified atom stereocenters. The fourth-order valence-electron chi connectivity index (χ4n) is 2.47. The van der Waals surface area contributed by atoms with Gasteiger partial charge < -0.3 is 10.0 Å². The molecule has 21 heavy (non-hydrogen) atoms. The third kappa shape index (κ3) is 3.61. The number of carboxylic acid groups (broad SMARTS) is 1. The highest BCUT2D eigenvalue weighted by Gasteiger charge is 2.41. The third-order valence-corrected chi connectivity index (χ3v) is 4.46. The van der Waals surface area contributed by atoms with E-state index in [0.717, 1.165) is 0 Å². The molecule has 1 saturated heterocycles. The molecule has 1 aliphatic heterocycles. The number of rotatable bonds is 4. The van der Waals surface area contributed by atoms with Crippen LogP contribution in [-0.2, 0) is 16.0 Å². The van der Waals surface area contributed by atoms with Gasteiger partial charge in [-0.3, -0.25) is 9.59 Å². The number of aliphatic carboxylic acids is 1. The maximum atomic E-state index is 13.7. The maximum Gasteiger partial charge on any atom is 0.311 e. The molecule has 1 aromatic rings. The second-order valence-electron chi connectivity index (χ2n) is 5.67. The standard InChI is InChI=1S/C15H17BrFNO3/c1-15(14(20)21)6-7-18(9-15)13(19)5-3-10-2-4-11(16)8-12(10)17/h2,4,8H,3,5-7,9H2,1H3,(H,20,21). The molecule has 2 rings (SSSR count). The van der Waals surface area contributed by atoms with Crippen molar-refractivity contribution in [2.45, 2.75) is 26.2 Å². The summed E-state index contributed by atoms with van der Waals surface area (Å²) >= 11 is 3.19. The molecule has 0 spiro atoms. The van der Waals surface area contributed by atoms with E-state index >= 15 is 0 Å². The molecule has 0 aliphatic carbocycles. The molecule has 4 nitrogen and oxygen atoms in total. The molecule has 1 N–H and O–H groups in total. The van der Waals surface area contributed by atoms with Crippen molar-refractivity contribution in [1.29, 1.82) is 0 Å². The number of carbonyl (C=O) groups excluding carboxylic acids is 1. The number of nitrogens with zero attached hydrogens (tertiary/aromatic N) is 1. The summed E-state index contributed by atoms with van der Waals surface area (Å²) in [4.78, 5) is 24.8. The minimum Gasteiger partial charge on any atom is -0.481 e. The first-order valence-corrected chi connectivity index (χ1v) is 7.56. The largest absolute Gasteiger partial charge is 0.481 e. The summed E-state index contributed by atoms with van der Waals surface area (Å²) in [5.74, 6) is -1.34. The number of carbonyl (C=O) groups is 2. The van der Waals surface area contributed by atoms with E-state index in [-0.39, 0.29) is 24.7 Å². The molecule has 1 aliphatic rings. The van der Waals surface area contributed by atoms with Gasteiger partial charge in [0.15, 0.2) is 0 Å². The zero-order chi connectivity index (χ0) is 15.6. The lowest BCUT2D eigenvalue weighted by molar-refractivity contribution is -0.147. The molecule has 1 atom stereocenters. The number of carboxylic acids is 1. The summed E-state index contributed by atoms with van der Waals surface area (Å²) in [7, 11) is 0. The highest BCUT2D eigenvalue weighted by atomic mass is 79.9. The van der Waals surface area contributed by atoms with E-state index in [9.17, 15) is 14.0 Å². The van der Waals surface area contributed by atoms with Gasteiger partial charge in [0.25, 0.3) is 0 Å². The van der Waals surface area contributed by atoms with E-state index in [0.29, 0.717) is 29.4 Å². The van der Waals surface area contributed by atoms with Crippen molar-refractivity contribution in [3.05, 3.63) is 34.1 Å². The molecular formula is C15H17BrFNO3. The number of benzene rings is 1. The summed E-state index contributed by atoms with van der Waals surface area (Å²) in [5, 5.41) is 9.15. The number of aryl methyl sites for hydroxylation is 1. The fourth-order valence-corrected chi connectivity index (χ4v) is 2.81.